The molecule has 2 atom stereocenters. The summed E-state index contributed by atoms with van der Waals surface area (Å²) in [5, 5.41) is 4.93. The number of nitrogens with one attached hydrogen (secondary N) is 2. The van der Waals surface area contributed by atoms with Gasteiger partial charge in [0.1, 0.15) is 24.5 Å². The summed E-state index contributed by atoms with van der Waals surface area (Å²) in [4.78, 5) is 37.7. The molecule has 2 amide bonds. The van der Waals surface area contributed by atoms with Gasteiger partial charge in [0.25, 0.3) is 0 Å². The molecule has 180 valence electrons. The lowest BCUT2D eigenvalue weighted by atomic mass is 9.96. The van der Waals surface area contributed by atoms with Gasteiger partial charge in [-0.15, -0.1) is 6.42 Å². The molecule has 8 heteroatoms. The van der Waals surface area contributed by atoms with E-state index in [1.807, 2.05) is 18.2 Å². The number of para-hydroxylation sites is 1. The maximum atomic E-state index is 13.1. The predicted octanol–water partition coefficient (Wildman–Crippen LogP) is 3.21. The molecule has 2 aromatic carbocycles. The Hall–Kier alpha value is -3.99. The first-order valence-corrected chi connectivity index (χ1v) is 10.7. The molecule has 0 aromatic heterocycles. The van der Waals surface area contributed by atoms with Crippen molar-refractivity contribution in [2.24, 2.45) is 0 Å². The number of amides is 2. The van der Waals surface area contributed by atoms with Crippen LogP contribution < -0.4 is 15.4 Å². The van der Waals surface area contributed by atoms with E-state index in [1.54, 1.807) is 63.2 Å². The second-order valence-corrected chi connectivity index (χ2v) is 8.61. The van der Waals surface area contributed by atoms with Gasteiger partial charge in [-0.1, -0.05) is 54.5 Å². The molecule has 0 unspecified atom stereocenters. The minimum atomic E-state index is -1.61. The number of ether oxygens (including phenoxy) is 3. The first-order valence-electron chi connectivity index (χ1n) is 10.7. The van der Waals surface area contributed by atoms with Crippen LogP contribution in [0, 0.1) is 12.3 Å². The number of esters is 1. The lowest BCUT2D eigenvalue weighted by Gasteiger charge is -2.33. The third-order valence-corrected chi connectivity index (χ3v) is 4.47. The lowest BCUT2D eigenvalue weighted by molar-refractivity contribution is -0.154. The SMILES string of the molecule is C#C[C@@](C)(Oc1ccccc1)[C@H](NC(=O)OCc1ccccc1)C(=O)NCC(=O)OC(C)(C)C. The maximum Gasteiger partial charge on any atom is 0.408 e. The highest BCUT2D eigenvalue weighted by molar-refractivity contribution is 5.90. The van der Waals surface area contributed by atoms with Gasteiger partial charge in [0.05, 0.1) is 0 Å². The lowest BCUT2D eigenvalue weighted by Crippen LogP contribution is -2.61. The number of carbonyl (C=O) groups is 3. The third kappa shape index (κ3) is 8.51. The van der Waals surface area contributed by atoms with Crippen molar-refractivity contribution in [3.8, 4) is 18.1 Å². The molecule has 2 rings (SSSR count). The van der Waals surface area contributed by atoms with Gasteiger partial charge in [-0.2, -0.15) is 0 Å². The number of terminal acetylenes is 1. The van der Waals surface area contributed by atoms with Crippen LogP contribution in [-0.2, 0) is 25.7 Å². The van der Waals surface area contributed by atoms with Gasteiger partial charge in [0.15, 0.2) is 11.6 Å². The molecule has 8 nitrogen and oxygen atoms in total. The molecule has 0 aliphatic heterocycles. The van der Waals surface area contributed by atoms with Gasteiger partial charge in [-0.25, -0.2) is 4.79 Å². The second kappa shape index (κ2) is 11.8. The van der Waals surface area contributed by atoms with Crippen LogP contribution >= 0.6 is 0 Å². The molecule has 0 bridgehead atoms. The molecular formula is C26H30N2O6. The minimum Gasteiger partial charge on any atom is -0.472 e. The van der Waals surface area contributed by atoms with Crippen molar-refractivity contribution in [2.45, 2.75) is 51.5 Å². The highest BCUT2D eigenvalue weighted by Gasteiger charge is 2.42. The minimum absolute atomic E-state index is 0.00870. The second-order valence-electron chi connectivity index (χ2n) is 8.61. The molecule has 2 N–H and O–H groups in total. The smallest absolute Gasteiger partial charge is 0.408 e. The van der Waals surface area contributed by atoms with E-state index in [1.165, 1.54) is 6.92 Å². The van der Waals surface area contributed by atoms with Crippen LogP contribution in [0.4, 0.5) is 4.79 Å². The Morgan fingerprint density at radius 3 is 2.12 bits per heavy atom. The average Bonchev–Trinajstić information content (AvgIpc) is 2.79. The summed E-state index contributed by atoms with van der Waals surface area (Å²) >= 11 is 0. The number of alkyl carbamates (subject to hydrolysis) is 1. The van der Waals surface area contributed by atoms with Gasteiger partial charge in [0.2, 0.25) is 5.91 Å². The molecular weight excluding hydrogens is 436 g/mol. The highest BCUT2D eigenvalue weighted by Crippen LogP contribution is 2.21. The van der Waals surface area contributed by atoms with Gasteiger partial charge < -0.3 is 24.8 Å². The molecule has 0 heterocycles. The van der Waals surface area contributed by atoms with Crippen molar-refractivity contribution in [3.63, 3.8) is 0 Å². The summed E-state index contributed by atoms with van der Waals surface area (Å²) in [6.45, 7) is 6.19. The number of rotatable bonds is 9. The average molecular weight is 467 g/mol. The van der Waals surface area contributed by atoms with Crippen LogP contribution in [0.1, 0.15) is 33.3 Å². The number of benzene rings is 2. The van der Waals surface area contributed by atoms with Crippen molar-refractivity contribution in [3.05, 3.63) is 66.2 Å². The van der Waals surface area contributed by atoms with Crippen LogP contribution in [0.5, 0.6) is 5.75 Å². The predicted molar refractivity (Wildman–Crippen MR) is 127 cm³/mol. The largest absolute Gasteiger partial charge is 0.472 e. The Kier molecular flexibility index (Phi) is 9.08. The highest BCUT2D eigenvalue weighted by atomic mass is 16.6. The number of carbonyl (C=O) groups excluding carboxylic acids is 3. The summed E-state index contributed by atoms with van der Waals surface area (Å²) < 4.78 is 16.4. The molecule has 0 aliphatic rings. The zero-order chi connectivity index (χ0) is 25.2. The van der Waals surface area contributed by atoms with Crippen molar-refractivity contribution >= 4 is 18.0 Å². The Bertz CT molecular complexity index is 1010. The van der Waals surface area contributed by atoms with E-state index >= 15 is 0 Å². The van der Waals surface area contributed by atoms with Gasteiger partial charge >= 0.3 is 12.1 Å². The maximum absolute atomic E-state index is 13.1. The van der Waals surface area contributed by atoms with E-state index < -0.39 is 41.8 Å². The summed E-state index contributed by atoms with van der Waals surface area (Å²) in [6, 6.07) is 16.3. The van der Waals surface area contributed by atoms with Crippen molar-refractivity contribution in [2.75, 3.05) is 6.54 Å². The topological polar surface area (TPSA) is 103 Å². The fraction of sp³-hybridized carbons (Fsp3) is 0.346. The quantitative estimate of drug-likeness (QED) is 0.435. The summed E-state index contributed by atoms with van der Waals surface area (Å²) in [7, 11) is 0. The first-order chi connectivity index (χ1) is 16.0. The Morgan fingerprint density at radius 1 is 0.971 bits per heavy atom. The summed E-state index contributed by atoms with van der Waals surface area (Å²) in [5.74, 6) is 1.46. The van der Waals surface area contributed by atoms with E-state index in [2.05, 4.69) is 16.6 Å². The van der Waals surface area contributed by atoms with E-state index in [0.717, 1.165) is 5.56 Å². The Labute approximate surface area is 200 Å². The monoisotopic (exact) mass is 466 g/mol. The molecule has 34 heavy (non-hydrogen) atoms. The van der Waals surface area contributed by atoms with E-state index in [-0.39, 0.29) is 6.61 Å². The zero-order valence-electron chi connectivity index (χ0n) is 19.8. The van der Waals surface area contributed by atoms with E-state index in [4.69, 9.17) is 20.6 Å². The number of hydrogen-bond acceptors (Lipinski definition) is 6. The van der Waals surface area contributed by atoms with Crippen molar-refractivity contribution in [1.82, 2.24) is 10.6 Å². The molecule has 0 saturated carbocycles. The Morgan fingerprint density at radius 2 is 1.56 bits per heavy atom. The van der Waals surface area contributed by atoms with Gasteiger partial charge in [-0.05, 0) is 45.4 Å². The van der Waals surface area contributed by atoms with Crippen molar-refractivity contribution < 1.29 is 28.6 Å². The van der Waals surface area contributed by atoms with Crippen molar-refractivity contribution in [1.29, 1.82) is 0 Å². The van der Waals surface area contributed by atoms with Crippen LogP contribution in [-0.4, -0.2) is 41.8 Å². The molecule has 2 aromatic rings. The van der Waals surface area contributed by atoms with Crippen LogP contribution in [0.25, 0.3) is 0 Å². The van der Waals surface area contributed by atoms with E-state index in [0.29, 0.717) is 5.75 Å². The summed E-state index contributed by atoms with van der Waals surface area (Å²) in [5.41, 5.74) is -1.56. The number of hydrogen-bond donors (Lipinski definition) is 2. The molecule has 0 radical (unpaired) electrons. The van der Waals surface area contributed by atoms with Crippen LogP contribution in [0.2, 0.25) is 0 Å². The fourth-order valence-corrected chi connectivity index (χ4v) is 2.88. The molecule has 0 spiro atoms. The molecule has 0 aliphatic carbocycles. The first kappa shape index (κ1) is 26.3. The zero-order valence-corrected chi connectivity index (χ0v) is 19.8. The van der Waals surface area contributed by atoms with Gasteiger partial charge in [0, 0.05) is 0 Å². The normalized spacial score (nSPS) is 13.4. The van der Waals surface area contributed by atoms with E-state index in [9.17, 15) is 14.4 Å². The molecule has 0 fully saturated rings. The standard InChI is InChI=1S/C26H30N2O6/c1-6-26(5,33-20-15-11-8-12-16-20)22(23(30)27-17-21(29)34-25(2,3)4)28-24(31)32-18-19-13-9-7-10-14-19/h1,7-16,22H,17-18H2,2-5H3,(H,27,30)(H,28,31)/t22-,26-/m1/s1. The summed E-state index contributed by atoms with van der Waals surface area (Å²) in [6.07, 6.45) is 4.86. The molecule has 0 saturated heterocycles. The van der Waals surface area contributed by atoms with Gasteiger partial charge in [-0.3, -0.25) is 9.59 Å². The third-order valence-electron chi connectivity index (χ3n) is 4.47. The van der Waals surface area contributed by atoms with Crippen LogP contribution in [0.3, 0.4) is 0 Å². The Balaban J connectivity index is 2.17. The fourth-order valence-electron chi connectivity index (χ4n) is 2.88. The van der Waals surface area contributed by atoms with Crippen LogP contribution in [0.15, 0.2) is 60.7 Å².